The summed E-state index contributed by atoms with van der Waals surface area (Å²) in [6.07, 6.45) is 1.43. The Hall–Kier alpha value is -1.88. The van der Waals surface area contributed by atoms with Gasteiger partial charge in [-0.25, -0.2) is 9.59 Å². The van der Waals surface area contributed by atoms with Gasteiger partial charge in [0.05, 0.1) is 0 Å². The van der Waals surface area contributed by atoms with Crippen LogP contribution >= 0.6 is 15.9 Å². The van der Waals surface area contributed by atoms with E-state index in [4.69, 9.17) is 9.15 Å². The van der Waals surface area contributed by atoms with E-state index in [2.05, 4.69) is 22.5 Å². The van der Waals surface area contributed by atoms with Gasteiger partial charge in [0.25, 0.3) is 0 Å². The Labute approximate surface area is 111 Å². The molecule has 2 aromatic rings. The van der Waals surface area contributed by atoms with Crippen LogP contribution in [0, 0.1) is 0 Å². The molecule has 0 amide bonds. The molecule has 1 heterocycles. The van der Waals surface area contributed by atoms with Gasteiger partial charge in [0, 0.05) is 9.86 Å². The molecule has 0 fully saturated rings. The van der Waals surface area contributed by atoms with E-state index in [1.54, 1.807) is 18.2 Å². The maximum Gasteiger partial charge on any atom is 0.351 e. The van der Waals surface area contributed by atoms with Gasteiger partial charge in [-0.05, 0) is 24.3 Å². The monoisotopic (exact) mass is 308 g/mol. The lowest BCUT2D eigenvalue weighted by atomic mass is 10.2. The summed E-state index contributed by atoms with van der Waals surface area (Å²) in [4.78, 5) is 23.2. The van der Waals surface area contributed by atoms with Gasteiger partial charge in [-0.3, -0.25) is 0 Å². The molecular weight excluding hydrogens is 300 g/mol. The number of benzene rings is 1. The molecule has 1 aromatic carbocycles. The van der Waals surface area contributed by atoms with Crippen molar-refractivity contribution in [1.82, 2.24) is 0 Å². The maximum atomic E-state index is 11.6. The van der Waals surface area contributed by atoms with Crippen LogP contribution in [-0.2, 0) is 4.74 Å². The summed E-state index contributed by atoms with van der Waals surface area (Å²) in [5.74, 6) is -0.717. The van der Waals surface area contributed by atoms with Crippen molar-refractivity contribution < 1.29 is 13.9 Å². The van der Waals surface area contributed by atoms with Gasteiger partial charge < -0.3 is 9.15 Å². The standard InChI is InChI=1S/C13H9BrO4/c1-2-5-17-12(15)10-7-8-6-9(14)3-4-11(8)18-13(10)16/h2-4,6-7H,1,5H2. The number of fused-ring (bicyclic) bond motifs is 1. The van der Waals surface area contributed by atoms with Crippen molar-refractivity contribution in [2.75, 3.05) is 6.61 Å². The Bertz CT molecular complexity index is 672. The van der Waals surface area contributed by atoms with Crippen molar-refractivity contribution in [2.45, 2.75) is 0 Å². The first-order valence-electron chi connectivity index (χ1n) is 5.13. The second kappa shape index (κ2) is 5.18. The molecule has 0 N–H and O–H groups in total. The number of carbonyl (C=O) groups excluding carboxylic acids is 1. The van der Waals surface area contributed by atoms with Crippen molar-refractivity contribution >= 4 is 32.9 Å². The lowest BCUT2D eigenvalue weighted by Gasteiger charge is -2.02. The Balaban J connectivity index is 2.51. The fraction of sp³-hybridized carbons (Fsp3) is 0.0769. The highest BCUT2D eigenvalue weighted by Gasteiger charge is 2.14. The van der Waals surface area contributed by atoms with Crippen molar-refractivity contribution in [3.05, 3.63) is 57.4 Å². The molecule has 92 valence electrons. The Morgan fingerprint density at radius 3 is 2.94 bits per heavy atom. The predicted octanol–water partition coefficient (Wildman–Crippen LogP) is 2.90. The average Bonchev–Trinajstić information content (AvgIpc) is 2.35. The fourth-order valence-electron chi connectivity index (χ4n) is 1.45. The number of halogens is 1. The van der Waals surface area contributed by atoms with Gasteiger partial charge in [-0.2, -0.15) is 0 Å². The molecule has 0 aliphatic carbocycles. The number of ether oxygens (including phenoxy) is 1. The molecule has 2 rings (SSSR count). The van der Waals surface area contributed by atoms with Gasteiger partial charge >= 0.3 is 11.6 Å². The van der Waals surface area contributed by atoms with Crippen molar-refractivity contribution in [2.24, 2.45) is 0 Å². The van der Waals surface area contributed by atoms with Crippen molar-refractivity contribution in [3.63, 3.8) is 0 Å². The Kier molecular flexibility index (Phi) is 3.62. The van der Waals surface area contributed by atoms with Crippen LogP contribution in [0.15, 0.2) is 50.6 Å². The molecule has 0 aliphatic heterocycles. The predicted molar refractivity (Wildman–Crippen MR) is 70.7 cm³/mol. The molecule has 0 unspecified atom stereocenters. The summed E-state index contributed by atoms with van der Waals surface area (Å²) in [5, 5.41) is 0.648. The molecule has 0 atom stereocenters. The number of hydrogen-bond acceptors (Lipinski definition) is 4. The first-order valence-corrected chi connectivity index (χ1v) is 5.92. The van der Waals surface area contributed by atoms with Crippen LogP contribution in [0.5, 0.6) is 0 Å². The van der Waals surface area contributed by atoms with E-state index >= 15 is 0 Å². The number of hydrogen-bond donors (Lipinski definition) is 0. The van der Waals surface area contributed by atoms with Crippen LogP contribution in [0.3, 0.4) is 0 Å². The molecule has 4 nitrogen and oxygen atoms in total. The lowest BCUT2D eigenvalue weighted by molar-refractivity contribution is 0.0545. The van der Waals surface area contributed by atoms with E-state index in [0.29, 0.717) is 11.0 Å². The quantitative estimate of drug-likeness (QED) is 0.497. The zero-order chi connectivity index (χ0) is 13.1. The minimum atomic E-state index is -0.717. The second-order valence-electron chi connectivity index (χ2n) is 3.52. The normalized spacial score (nSPS) is 10.3. The van der Waals surface area contributed by atoms with Crippen molar-refractivity contribution in [1.29, 1.82) is 0 Å². The zero-order valence-electron chi connectivity index (χ0n) is 9.31. The molecule has 5 heteroatoms. The topological polar surface area (TPSA) is 56.5 Å². The van der Waals surface area contributed by atoms with Crippen LogP contribution in [-0.4, -0.2) is 12.6 Å². The van der Waals surface area contributed by atoms with E-state index < -0.39 is 11.6 Å². The van der Waals surface area contributed by atoms with Gasteiger partial charge in [-0.15, -0.1) is 0 Å². The molecule has 0 saturated heterocycles. The van der Waals surface area contributed by atoms with E-state index in [0.717, 1.165) is 4.47 Å². The van der Waals surface area contributed by atoms with Gasteiger partial charge in [-0.1, -0.05) is 28.6 Å². The van der Waals surface area contributed by atoms with Crippen LogP contribution in [0.2, 0.25) is 0 Å². The summed E-state index contributed by atoms with van der Waals surface area (Å²) in [6.45, 7) is 3.48. The number of rotatable bonds is 3. The van der Waals surface area contributed by atoms with Gasteiger partial charge in [0.15, 0.2) is 0 Å². The number of esters is 1. The molecule has 0 radical (unpaired) electrons. The summed E-state index contributed by atoms with van der Waals surface area (Å²) in [5.41, 5.74) is -0.412. The third kappa shape index (κ3) is 2.51. The molecule has 0 saturated carbocycles. The second-order valence-corrected chi connectivity index (χ2v) is 4.43. The van der Waals surface area contributed by atoms with Gasteiger partial charge in [0.2, 0.25) is 0 Å². The molecule has 1 aromatic heterocycles. The Morgan fingerprint density at radius 1 is 1.44 bits per heavy atom. The van der Waals surface area contributed by atoms with Crippen molar-refractivity contribution in [3.8, 4) is 0 Å². The average molecular weight is 309 g/mol. The van der Waals surface area contributed by atoms with E-state index in [-0.39, 0.29) is 12.2 Å². The van der Waals surface area contributed by atoms with Gasteiger partial charge in [0.1, 0.15) is 17.8 Å². The third-order valence-corrected chi connectivity index (χ3v) is 2.74. The molecule has 0 aliphatic rings. The van der Waals surface area contributed by atoms with E-state index in [1.807, 2.05) is 0 Å². The first kappa shape index (κ1) is 12.6. The third-order valence-electron chi connectivity index (χ3n) is 2.25. The highest BCUT2D eigenvalue weighted by atomic mass is 79.9. The van der Waals surface area contributed by atoms with Crippen LogP contribution in [0.25, 0.3) is 11.0 Å². The van der Waals surface area contributed by atoms with Crippen LogP contribution < -0.4 is 5.63 Å². The molecule has 0 bridgehead atoms. The lowest BCUT2D eigenvalue weighted by Crippen LogP contribution is -2.16. The zero-order valence-corrected chi connectivity index (χ0v) is 10.9. The first-order chi connectivity index (χ1) is 8.61. The maximum absolute atomic E-state index is 11.6. The minimum Gasteiger partial charge on any atom is -0.458 e. The van der Waals surface area contributed by atoms with Crippen LogP contribution in [0.4, 0.5) is 0 Å². The largest absolute Gasteiger partial charge is 0.458 e. The van der Waals surface area contributed by atoms with E-state index in [1.165, 1.54) is 12.1 Å². The molecule has 0 spiro atoms. The minimum absolute atomic E-state index is 0.0504. The highest BCUT2D eigenvalue weighted by molar-refractivity contribution is 9.10. The number of carbonyl (C=O) groups is 1. The molecule has 18 heavy (non-hydrogen) atoms. The van der Waals surface area contributed by atoms with E-state index in [9.17, 15) is 9.59 Å². The summed E-state index contributed by atoms with van der Waals surface area (Å²) >= 11 is 3.31. The SMILES string of the molecule is C=CCOC(=O)c1cc2cc(Br)ccc2oc1=O. The Morgan fingerprint density at radius 2 is 2.22 bits per heavy atom. The summed E-state index contributed by atoms with van der Waals surface area (Å²) in [6, 6.07) is 6.61. The molecular formula is C13H9BrO4. The summed E-state index contributed by atoms with van der Waals surface area (Å²) < 4.78 is 10.7. The highest BCUT2D eigenvalue weighted by Crippen LogP contribution is 2.19. The van der Waals surface area contributed by atoms with Crippen LogP contribution in [0.1, 0.15) is 10.4 Å². The summed E-state index contributed by atoms with van der Waals surface area (Å²) in [7, 11) is 0. The fourth-order valence-corrected chi connectivity index (χ4v) is 1.83. The smallest absolute Gasteiger partial charge is 0.351 e.